The van der Waals surface area contributed by atoms with Crippen LogP contribution in [-0.2, 0) is 6.42 Å². The third-order valence-corrected chi connectivity index (χ3v) is 3.39. The van der Waals surface area contributed by atoms with Crippen LogP contribution in [0.1, 0.15) is 31.0 Å². The van der Waals surface area contributed by atoms with Gasteiger partial charge in [0, 0.05) is 16.5 Å². The Morgan fingerprint density at radius 3 is 3.20 bits per heavy atom. The Bertz CT molecular complexity index is 546. The second-order valence-corrected chi connectivity index (χ2v) is 4.55. The summed E-state index contributed by atoms with van der Waals surface area (Å²) >= 11 is 0. The van der Waals surface area contributed by atoms with Crippen LogP contribution in [-0.4, -0.2) is 4.68 Å². The molecule has 2 aliphatic rings. The first kappa shape index (κ1) is 8.84. The molecule has 0 radical (unpaired) electrons. The normalized spacial score (nSPS) is 22.6. The molecular weight excluding hydrogens is 184 g/mol. The fraction of sp³-hybridized carbons (Fsp3) is 0.385. The lowest BCUT2D eigenvalue weighted by Crippen LogP contribution is -2.36. The zero-order chi connectivity index (χ0) is 10.4. The van der Waals surface area contributed by atoms with Crippen LogP contribution in [0.2, 0.25) is 0 Å². The maximum Gasteiger partial charge on any atom is 0.0656 e. The number of aromatic nitrogens is 1. The molecule has 0 aliphatic heterocycles. The predicted molar refractivity (Wildman–Crippen MR) is 63.9 cm³/mol. The van der Waals surface area contributed by atoms with Gasteiger partial charge in [-0.05, 0) is 25.2 Å². The van der Waals surface area contributed by atoms with Crippen molar-refractivity contribution in [1.82, 2.24) is 4.68 Å². The maximum atomic E-state index is 6.12. The monoisotopic (exact) mass is 200 g/mol. The van der Waals surface area contributed by atoms with Crippen molar-refractivity contribution in [3.63, 3.8) is 0 Å². The van der Waals surface area contributed by atoms with Gasteiger partial charge in [-0.1, -0.05) is 31.2 Å². The topological polar surface area (TPSA) is 30.9 Å². The minimum atomic E-state index is 0.638. The summed E-state index contributed by atoms with van der Waals surface area (Å²) in [6.45, 7) is 2.26. The van der Waals surface area contributed by atoms with E-state index in [4.69, 9.17) is 5.84 Å². The molecule has 0 amide bonds. The zero-order valence-electron chi connectivity index (χ0n) is 9.03. The smallest absolute Gasteiger partial charge is 0.0656 e. The summed E-state index contributed by atoms with van der Waals surface area (Å²) < 4.78 is 1.89. The SMILES string of the molecule is CC1C=c2c3c(n(N)c2=CC1)CCC=C3. The van der Waals surface area contributed by atoms with Gasteiger partial charge in [-0.3, -0.25) is 4.68 Å². The third-order valence-electron chi connectivity index (χ3n) is 3.39. The van der Waals surface area contributed by atoms with Gasteiger partial charge in [0.05, 0.1) is 5.35 Å². The van der Waals surface area contributed by atoms with Crippen molar-refractivity contribution < 1.29 is 0 Å². The molecule has 0 aromatic carbocycles. The summed E-state index contributed by atoms with van der Waals surface area (Å²) in [5, 5.41) is 2.56. The number of hydrogen-bond acceptors (Lipinski definition) is 1. The molecule has 2 aliphatic carbocycles. The number of hydrogen-bond donors (Lipinski definition) is 1. The molecule has 2 heteroatoms. The second-order valence-electron chi connectivity index (χ2n) is 4.55. The van der Waals surface area contributed by atoms with E-state index in [0.717, 1.165) is 19.3 Å². The van der Waals surface area contributed by atoms with Gasteiger partial charge in [-0.25, -0.2) is 0 Å². The van der Waals surface area contributed by atoms with Crippen LogP contribution in [0.25, 0.3) is 18.2 Å². The molecule has 2 N–H and O–H groups in total. The number of fused-ring (bicyclic) bond motifs is 3. The predicted octanol–water partition coefficient (Wildman–Crippen LogP) is 0.762. The van der Waals surface area contributed by atoms with E-state index in [9.17, 15) is 0 Å². The van der Waals surface area contributed by atoms with Crippen LogP contribution < -0.4 is 16.4 Å². The van der Waals surface area contributed by atoms with Crippen LogP contribution in [0, 0.1) is 5.92 Å². The van der Waals surface area contributed by atoms with E-state index in [-0.39, 0.29) is 0 Å². The van der Waals surface area contributed by atoms with Gasteiger partial charge < -0.3 is 5.84 Å². The van der Waals surface area contributed by atoms with Crippen molar-refractivity contribution in [3.05, 3.63) is 27.9 Å². The number of nitrogens with zero attached hydrogens (tertiary/aromatic N) is 1. The highest BCUT2D eigenvalue weighted by atomic mass is 15.3. The molecule has 0 fully saturated rings. The first-order chi connectivity index (χ1) is 7.27. The highest BCUT2D eigenvalue weighted by Crippen LogP contribution is 2.16. The molecule has 1 unspecified atom stereocenters. The number of allylic oxidation sites excluding steroid dienone is 1. The summed E-state index contributed by atoms with van der Waals surface area (Å²) in [4.78, 5) is 0. The minimum Gasteiger partial charge on any atom is -0.339 e. The quantitative estimate of drug-likeness (QED) is 0.616. The van der Waals surface area contributed by atoms with Crippen LogP contribution in [0.4, 0.5) is 0 Å². The van der Waals surface area contributed by atoms with E-state index < -0.39 is 0 Å². The lowest BCUT2D eigenvalue weighted by atomic mass is 9.98. The van der Waals surface area contributed by atoms with Gasteiger partial charge in [0.15, 0.2) is 0 Å². The summed E-state index contributed by atoms with van der Waals surface area (Å²) in [5.74, 6) is 6.76. The van der Waals surface area contributed by atoms with Crippen LogP contribution >= 0.6 is 0 Å². The van der Waals surface area contributed by atoms with Gasteiger partial charge in [0.1, 0.15) is 0 Å². The molecule has 0 saturated heterocycles. The average molecular weight is 200 g/mol. The van der Waals surface area contributed by atoms with Crippen LogP contribution in [0.5, 0.6) is 0 Å². The number of rotatable bonds is 0. The van der Waals surface area contributed by atoms with Crippen molar-refractivity contribution >= 4 is 18.2 Å². The Kier molecular flexibility index (Phi) is 1.78. The Morgan fingerprint density at radius 1 is 1.47 bits per heavy atom. The molecule has 1 aromatic rings. The molecule has 0 spiro atoms. The van der Waals surface area contributed by atoms with E-state index in [2.05, 4.69) is 31.2 Å². The van der Waals surface area contributed by atoms with Crippen LogP contribution in [0.3, 0.4) is 0 Å². The summed E-state index contributed by atoms with van der Waals surface area (Å²) in [6, 6.07) is 0. The maximum absolute atomic E-state index is 6.12. The Hall–Kier alpha value is -1.44. The minimum absolute atomic E-state index is 0.638. The summed E-state index contributed by atoms with van der Waals surface area (Å²) in [6.07, 6.45) is 12.4. The Balaban J connectivity index is 2.42. The summed E-state index contributed by atoms with van der Waals surface area (Å²) in [7, 11) is 0. The van der Waals surface area contributed by atoms with Crippen molar-refractivity contribution in [3.8, 4) is 0 Å². The molecule has 1 atom stereocenters. The van der Waals surface area contributed by atoms with Gasteiger partial charge in [-0.2, -0.15) is 0 Å². The van der Waals surface area contributed by atoms with E-state index in [1.54, 1.807) is 0 Å². The van der Waals surface area contributed by atoms with Crippen molar-refractivity contribution in [2.24, 2.45) is 5.92 Å². The first-order valence-electron chi connectivity index (χ1n) is 5.64. The fourth-order valence-corrected chi connectivity index (χ4v) is 2.59. The molecule has 3 rings (SSSR count). The van der Waals surface area contributed by atoms with Gasteiger partial charge in [-0.15, -0.1) is 0 Å². The second kappa shape index (κ2) is 3.02. The van der Waals surface area contributed by atoms with E-state index in [0.29, 0.717) is 5.92 Å². The fourth-order valence-electron chi connectivity index (χ4n) is 2.59. The van der Waals surface area contributed by atoms with Crippen LogP contribution in [0.15, 0.2) is 6.08 Å². The third kappa shape index (κ3) is 1.17. The molecule has 15 heavy (non-hydrogen) atoms. The molecule has 78 valence electrons. The molecular formula is C13H16N2. The van der Waals surface area contributed by atoms with Crippen molar-refractivity contribution in [2.75, 3.05) is 5.84 Å². The highest BCUT2D eigenvalue weighted by Gasteiger charge is 2.15. The Morgan fingerprint density at radius 2 is 2.33 bits per heavy atom. The largest absolute Gasteiger partial charge is 0.339 e. The van der Waals surface area contributed by atoms with E-state index >= 15 is 0 Å². The van der Waals surface area contributed by atoms with Gasteiger partial charge >= 0.3 is 0 Å². The number of nitrogen functional groups attached to an aromatic ring is 1. The number of nitrogens with two attached hydrogens (primary N) is 1. The average Bonchev–Trinajstić information content (AvgIpc) is 2.54. The summed E-state index contributed by atoms with van der Waals surface area (Å²) in [5.41, 5.74) is 2.64. The first-order valence-corrected chi connectivity index (χ1v) is 5.64. The molecule has 0 saturated carbocycles. The molecule has 2 nitrogen and oxygen atoms in total. The molecule has 1 aromatic heterocycles. The van der Waals surface area contributed by atoms with Gasteiger partial charge in [0.2, 0.25) is 0 Å². The van der Waals surface area contributed by atoms with E-state index in [1.807, 2.05) is 4.68 Å². The lowest BCUT2D eigenvalue weighted by Gasteiger charge is -2.07. The van der Waals surface area contributed by atoms with E-state index in [1.165, 1.54) is 21.8 Å². The van der Waals surface area contributed by atoms with Crippen molar-refractivity contribution in [2.45, 2.75) is 26.2 Å². The zero-order valence-corrected chi connectivity index (χ0v) is 9.03. The lowest BCUT2D eigenvalue weighted by molar-refractivity contribution is 0.782. The standard InChI is InChI=1S/C13H16N2/c1-9-6-7-13-11(8-9)10-4-2-3-5-12(10)15(13)14/h2,4,7-9H,3,5-6,14H2,1H3. The Labute approximate surface area is 89.4 Å². The highest BCUT2D eigenvalue weighted by molar-refractivity contribution is 5.60. The van der Waals surface area contributed by atoms with Gasteiger partial charge in [0.25, 0.3) is 0 Å². The molecule has 1 heterocycles. The van der Waals surface area contributed by atoms with Crippen molar-refractivity contribution in [1.29, 1.82) is 0 Å². The molecule has 0 bridgehead atoms.